The first-order valence-corrected chi connectivity index (χ1v) is 14.1. The van der Waals surface area contributed by atoms with Crippen molar-refractivity contribution in [2.24, 2.45) is 56.7 Å². The molecular formula is C30H48O5. The maximum absolute atomic E-state index is 12.8. The largest absolute Gasteiger partial charge is 0.481 e. The summed E-state index contributed by atoms with van der Waals surface area (Å²) in [6, 6.07) is 0. The van der Waals surface area contributed by atoms with Crippen molar-refractivity contribution in [2.45, 2.75) is 105 Å². The van der Waals surface area contributed by atoms with E-state index >= 15 is 0 Å². The van der Waals surface area contributed by atoms with Crippen LogP contribution >= 0.6 is 0 Å². The minimum absolute atomic E-state index is 0.00815. The molecule has 1 unspecified atom stereocenters. The number of aliphatic carboxylic acids is 1. The van der Waals surface area contributed by atoms with Crippen LogP contribution in [0.25, 0.3) is 0 Å². The van der Waals surface area contributed by atoms with Gasteiger partial charge in [0.25, 0.3) is 0 Å². The number of carbonyl (C=O) groups is 1. The first-order chi connectivity index (χ1) is 16.2. The van der Waals surface area contributed by atoms with Crippen LogP contribution in [0.3, 0.4) is 0 Å². The molecule has 5 aliphatic rings. The Labute approximate surface area is 211 Å². The van der Waals surface area contributed by atoms with E-state index in [2.05, 4.69) is 40.7 Å². The first kappa shape index (κ1) is 25.7. The molecule has 0 aromatic carbocycles. The highest BCUT2D eigenvalue weighted by molar-refractivity contribution is 5.76. The normalized spacial score (nSPS) is 57.7. The molecule has 0 heterocycles. The lowest BCUT2D eigenvalue weighted by atomic mass is 9.33. The van der Waals surface area contributed by atoms with Gasteiger partial charge >= 0.3 is 5.97 Å². The number of fused-ring (bicyclic) bond motifs is 7. The average Bonchev–Trinajstić information content (AvgIpc) is 2.80. The summed E-state index contributed by atoms with van der Waals surface area (Å²) in [5, 5.41) is 42.9. The van der Waals surface area contributed by atoms with E-state index in [0.717, 1.165) is 44.9 Å². The number of allylic oxidation sites excluding steroid dienone is 2. The first-order valence-electron chi connectivity index (χ1n) is 14.1. The Morgan fingerprint density at radius 1 is 1.00 bits per heavy atom. The van der Waals surface area contributed by atoms with Crippen LogP contribution in [-0.4, -0.2) is 45.2 Å². The van der Waals surface area contributed by atoms with E-state index in [-0.39, 0.29) is 34.7 Å². The average molecular weight is 489 g/mol. The number of carboxylic acid groups (broad SMARTS) is 1. The quantitative estimate of drug-likeness (QED) is 0.409. The van der Waals surface area contributed by atoms with E-state index in [1.54, 1.807) is 0 Å². The van der Waals surface area contributed by atoms with Crippen molar-refractivity contribution in [3.8, 4) is 0 Å². The molecular weight excluding hydrogens is 440 g/mol. The number of rotatable bonds is 2. The minimum atomic E-state index is -0.907. The van der Waals surface area contributed by atoms with Crippen molar-refractivity contribution in [3.63, 3.8) is 0 Å². The molecule has 4 saturated carbocycles. The Balaban J connectivity index is 1.62. The number of hydrogen-bond donors (Lipinski definition) is 4. The Morgan fingerprint density at radius 3 is 2.31 bits per heavy atom. The molecule has 0 bridgehead atoms. The van der Waals surface area contributed by atoms with Crippen molar-refractivity contribution < 1.29 is 25.2 Å². The fourth-order valence-electron chi connectivity index (χ4n) is 11.0. The van der Waals surface area contributed by atoms with Gasteiger partial charge in [-0.25, -0.2) is 0 Å². The monoisotopic (exact) mass is 488 g/mol. The Bertz CT molecular complexity index is 930. The third-order valence-electron chi connectivity index (χ3n) is 13.5. The molecule has 0 aromatic rings. The Hall–Kier alpha value is -0.910. The Kier molecular flexibility index (Phi) is 5.73. The molecule has 0 aromatic heterocycles. The van der Waals surface area contributed by atoms with E-state index in [4.69, 9.17) is 0 Å². The second-order valence-corrected chi connectivity index (χ2v) is 14.5. The molecule has 5 heteroatoms. The highest BCUT2D eigenvalue weighted by atomic mass is 16.4. The van der Waals surface area contributed by atoms with Crippen molar-refractivity contribution in [1.29, 1.82) is 0 Å². The van der Waals surface area contributed by atoms with Crippen molar-refractivity contribution in [1.82, 2.24) is 0 Å². The van der Waals surface area contributed by atoms with E-state index in [1.165, 1.54) is 5.57 Å². The molecule has 5 aliphatic carbocycles. The van der Waals surface area contributed by atoms with Crippen LogP contribution in [0.15, 0.2) is 11.6 Å². The fraction of sp³-hybridized carbons (Fsp3) is 0.900. The maximum Gasteiger partial charge on any atom is 0.310 e. The van der Waals surface area contributed by atoms with Gasteiger partial charge in [-0.05, 0) is 97.2 Å². The molecule has 12 atom stereocenters. The SMILES string of the molecule is C[C@H]1[C@H](C)CC[C@]2(C(=O)O)CC[C@]3(C)C(=CCC4[C@@]5(C)C[C@@H](O)[C@H](O)[C@@](C)(CO)[C@@H]5CC[C@]43C)[C@H]12. The lowest BCUT2D eigenvalue weighted by molar-refractivity contribution is -0.244. The zero-order chi connectivity index (χ0) is 25.8. The molecule has 5 nitrogen and oxygen atoms in total. The van der Waals surface area contributed by atoms with Gasteiger partial charge in [-0.3, -0.25) is 4.79 Å². The summed E-state index contributed by atoms with van der Waals surface area (Å²) in [4.78, 5) is 12.8. The lowest BCUT2D eigenvalue weighted by Crippen LogP contribution is -2.68. The predicted octanol–water partition coefficient (Wildman–Crippen LogP) is 5.03. The van der Waals surface area contributed by atoms with E-state index in [0.29, 0.717) is 24.2 Å². The molecule has 0 amide bonds. The Morgan fingerprint density at radius 2 is 1.69 bits per heavy atom. The lowest BCUT2D eigenvalue weighted by Gasteiger charge is -2.71. The van der Waals surface area contributed by atoms with Gasteiger partial charge in [0.15, 0.2) is 0 Å². The van der Waals surface area contributed by atoms with Gasteiger partial charge in [-0.1, -0.05) is 53.2 Å². The minimum Gasteiger partial charge on any atom is -0.481 e. The zero-order valence-electron chi connectivity index (χ0n) is 22.7. The standard InChI is InChI=1S/C30H48O5/c1-17-9-12-30(25(34)35)14-13-28(5)19(23(30)18(17)2)7-8-22-26(3)15-20(32)24(33)27(4,16-31)21(26)10-11-29(22,28)6/h7,17-18,20-24,31-33H,8-16H2,1-6H3,(H,34,35)/t17-,18+,20-,21-,22?,23+,24+,26+,27+,28-,29-,30+/m1/s1. The van der Waals surface area contributed by atoms with Gasteiger partial charge in [0, 0.05) is 5.41 Å². The van der Waals surface area contributed by atoms with Gasteiger partial charge in [0.2, 0.25) is 0 Å². The third-order valence-corrected chi connectivity index (χ3v) is 13.5. The molecule has 0 radical (unpaired) electrons. The van der Waals surface area contributed by atoms with E-state index in [1.807, 2.05) is 6.92 Å². The summed E-state index contributed by atoms with van der Waals surface area (Å²) in [7, 11) is 0. The molecule has 198 valence electrons. The van der Waals surface area contributed by atoms with Crippen molar-refractivity contribution in [3.05, 3.63) is 11.6 Å². The summed E-state index contributed by atoms with van der Waals surface area (Å²) in [5.74, 6) is 0.828. The second kappa shape index (κ2) is 7.80. The number of aliphatic hydroxyl groups is 3. The van der Waals surface area contributed by atoms with Crippen LogP contribution in [0.2, 0.25) is 0 Å². The maximum atomic E-state index is 12.8. The highest BCUT2D eigenvalue weighted by Gasteiger charge is 2.70. The van der Waals surface area contributed by atoms with Gasteiger partial charge in [0.05, 0.1) is 24.2 Å². The van der Waals surface area contributed by atoms with Crippen molar-refractivity contribution >= 4 is 5.97 Å². The summed E-state index contributed by atoms with van der Waals surface area (Å²) in [6.45, 7) is 13.6. The van der Waals surface area contributed by atoms with Crippen LogP contribution in [0.5, 0.6) is 0 Å². The smallest absolute Gasteiger partial charge is 0.310 e. The van der Waals surface area contributed by atoms with Crippen molar-refractivity contribution in [2.75, 3.05) is 6.61 Å². The number of aliphatic hydroxyl groups excluding tert-OH is 3. The van der Waals surface area contributed by atoms with Crippen LogP contribution in [-0.2, 0) is 4.79 Å². The van der Waals surface area contributed by atoms with Gasteiger partial charge in [-0.15, -0.1) is 0 Å². The molecule has 0 saturated heterocycles. The predicted molar refractivity (Wildman–Crippen MR) is 135 cm³/mol. The zero-order valence-corrected chi connectivity index (χ0v) is 22.7. The highest BCUT2D eigenvalue weighted by Crippen LogP contribution is 2.75. The van der Waals surface area contributed by atoms with Crippen LogP contribution < -0.4 is 0 Å². The molecule has 5 rings (SSSR count). The van der Waals surface area contributed by atoms with Gasteiger partial charge in [-0.2, -0.15) is 0 Å². The topological polar surface area (TPSA) is 98.0 Å². The molecule has 4 N–H and O–H groups in total. The summed E-state index contributed by atoms with van der Waals surface area (Å²) < 4.78 is 0. The molecule has 0 spiro atoms. The number of carboxylic acids is 1. The fourth-order valence-corrected chi connectivity index (χ4v) is 11.0. The van der Waals surface area contributed by atoms with Crippen LogP contribution in [0.4, 0.5) is 0 Å². The van der Waals surface area contributed by atoms with Gasteiger partial charge < -0.3 is 20.4 Å². The van der Waals surface area contributed by atoms with E-state index < -0.39 is 29.0 Å². The molecule has 0 aliphatic heterocycles. The van der Waals surface area contributed by atoms with Crippen LogP contribution in [0, 0.1) is 56.7 Å². The summed E-state index contributed by atoms with van der Waals surface area (Å²) in [5.41, 5.74) is -0.214. The summed E-state index contributed by atoms with van der Waals surface area (Å²) >= 11 is 0. The molecule has 35 heavy (non-hydrogen) atoms. The number of hydrogen-bond acceptors (Lipinski definition) is 4. The third kappa shape index (κ3) is 2.95. The summed E-state index contributed by atoms with van der Waals surface area (Å²) in [6.07, 6.45) is 7.51. The van der Waals surface area contributed by atoms with Gasteiger partial charge in [0.1, 0.15) is 0 Å². The second-order valence-electron chi connectivity index (χ2n) is 14.5. The molecule has 4 fully saturated rings. The van der Waals surface area contributed by atoms with Crippen LogP contribution in [0.1, 0.15) is 92.9 Å². The van der Waals surface area contributed by atoms with E-state index in [9.17, 15) is 25.2 Å².